The van der Waals surface area contributed by atoms with Crippen molar-refractivity contribution < 1.29 is 38.0 Å². The van der Waals surface area contributed by atoms with Gasteiger partial charge in [-0.15, -0.1) is 0 Å². The molecule has 2 heterocycles. The summed E-state index contributed by atoms with van der Waals surface area (Å²) in [7, 11) is 0. The predicted molar refractivity (Wildman–Crippen MR) is 128 cm³/mol. The van der Waals surface area contributed by atoms with Gasteiger partial charge in [0.1, 0.15) is 49.3 Å². The van der Waals surface area contributed by atoms with Crippen molar-refractivity contribution in [1.82, 2.24) is 4.98 Å². The molecule has 0 N–H and O–H groups in total. The summed E-state index contributed by atoms with van der Waals surface area (Å²) in [6, 6.07) is 19.0. The highest BCUT2D eigenvalue weighted by molar-refractivity contribution is 5.91. The molecule has 36 heavy (non-hydrogen) atoms. The van der Waals surface area contributed by atoms with Crippen molar-refractivity contribution in [3.05, 3.63) is 89.2 Å². The van der Waals surface area contributed by atoms with Crippen LogP contribution in [0.5, 0.6) is 11.5 Å². The molecule has 0 fully saturated rings. The Balaban J connectivity index is 1.44. The topological polar surface area (TPSA) is 102 Å². The summed E-state index contributed by atoms with van der Waals surface area (Å²) in [6.45, 7) is 2.50. The second-order valence-corrected chi connectivity index (χ2v) is 7.78. The molecule has 0 unspecified atom stereocenters. The van der Waals surface area contributed by atoms with Crippen LogP contribution in [0.25, 0.3) is 0 Å². The molecule has 0 aliphatic carbocycles. The summed E-state index contributed by atoms with van der Waals surface area (Å²) in [5, 5.41) is 0. The normalized spacial score (nSPS) is 16.2. The second-order valence-electron chi connectivity index (χ2n) is 7.78. The third-order valence-corrected chi connectivity index (χ3v) is 5.07. The monoisotopic (exact) mass is 493 g/mol. The van der Waals surface area contributed by atoms with Gasteiger partial charge in [0, 0.05) is 0 Å². The van der Waals surface area contributed by atoms with Crippen LogP contribution in [0.3, 0.4) is 0 Å². The Labute approximate surface area is 208 Å². The maximum Gasteiger partial charge on any atom is 0.357 e. The van der Waals surface area contributed by atoms with E-state index in [1.807, 2.05) is 36.4 Å². The molecule has 1 aromatic heterocycles. The van der Waals surface area contributed by atoms with Crippen molar-refractivity contribution >= 4 is 11.9 Å². The van der Waals surface area contributed by atoms with Gasteiger partial charge < -0.3 is 28.4 Å². The molecular formula is C27H27NO8. The summed E-state index contributed by atoms with van der Waals surface area (Å²) in [5.74, 6) is -0.0285. The number of hydrogen-bond acceptors (Lipinski definition) is 9. The Bertz CT molecular complexity index is 1080. The van der Waals surface area contributed by atoms with Crippen LogP contribution in [0.2, 0.25) is 0 Å². The lowest BCUT2D eigenvalue weighted by Gasteiger charge is -2.10. The molecule has 6 bridgehead atoms. The fourth-order valence-corrected chi connectivity index (χ4v) is 3.32. The molecule has 3 aromatic rings. The van der Waals surface area contributed by atoms with E-state index < -0.39 is 11.9 Å². The Morgan fingerprint density at radius 2 is 0.972 bits per heavy atom. The van der Waals surface area contributed by atoms with E-state index in [0.717, 1.165) is 11.1 Å². The quantitative estimate of drug-likeness (QED) is 0.435. The maximum atomic E-state index is 12.5. The summed E-state index contributed by atoms with van der Waals surface area (Å²) in [4.78, 5) is 29.2. The average Bonchev–Trinajstić information content (AvgIpc) is 2.91. The van der Waals surface area contributed by atoms with Gasteiger partial charge in [0.15, 0.2) is 0 Å². The molecular weight excluding hydrogens is 466 g/mol. The van der Waals surface area contributed by atoms with E-state index in [4.69, 9.17) is 28.4 Å². The zero-order valence-electron chi connectivity index (χ0n) is 19.7. The minimum absolute atomic E-state index is 0.0112. The fourth-order valence-electron chi connectivity index (χ4n) is 3.32. The van der Waals surface area contributed by atoms with Gasteiger partial charge in [0.2, 0.25) is 0 Å². The Morgan fingerprint density at radius 1 is 0.528 bits per heavy atom. The number of carbonyl (C=O) groups is 2. The second kappa shape index (κ2) is 13.2. The van der Waals surface area contributed by atoms with Gasteiger partial charge in [-0.3, -0.25) is 0 Å². The summed E-state index contributed by atoms with van der Waals surface area (Å²) in [6.07, 6.45) is 0. The average molecular weight is 494 g/mol. The molecule has 0 amide bonds. The van der Waals surface area contributed by atoms with Gasteiger partial charge in [0.25, 0.3) is 0 Å². The van der Waals surface area contributed by atoms with Crippen LogP contribution in [-0.2, 0) is 32.2 Å². The standard InChI is InChI=1S/C27H27NO8/c29-26-24-8-3-9-25(28-24)27(30)36-19-21-5-2-7-23(17-21)34-15-13-32-11-10-31-12-14-33-22-6-1-4-20(16-22)18-35-26/h1-9,16-17H,10-15,18-19H2. The number of fused-ring (bicyclic) bond motifs is 6. The van der Waals surface area contributed by atoms with Crippen LogP contribution in [0.15, 0.2) is 66.7 Å². The molecule has 0 spiro atoms. The molecule has 188 valence electrons. The first-order chi connectivity index (χ1) is 17.7. The minimum atomic E-state index is -0.651. The lowest BCUT2D eigenvalue weighted by molar-refractivity contribution is 0.0273. The Morgan fingerprint density at radius 3 is 1.47 bits per heavy atom. The van der Waals surface area contributed by atoms with Gasteiger partial charge in [-0.1, -0.05) is 30.3 Å². The van der Waals surface area contributed by atoms with Crippen LogP contribution in [0, 0.1) is 0 Å². The van der Waals surface area contributed by atoms with E-state index in [-0.39, 0.29) is 24.6 Å². The van der Waals surface area contributed by atoms with Gasteiger partial charge in [-0.25, -0.2) is 14.6 Å². The lowest BCUT2D eigenvalue weighted by atomic mass is 10.2. The SMILES string of the molecule is O=C1OCc2cccc(c2)OCCOCCOCCOc2cccc(c2)COC(=O)c2cccc1n2. The van der Waals surface area contributed by atoms with Crippen molar-refractivity contribution in [1.29, 1.82) is 0 Å². The van der Waals surface area contributed by atoms with Crippen LogP contribution in [0.4, 0.5) is 0 Å². The first-order valence-corrected chi connectivity index (χ1v) is 11.6. The minimum Gasteiger partial charge on any atom is -0.491 e. The van der Waals surface area contributed by atoms with Crippen LogP contribution >= 0.6 is 0 Å². The number of esters is 2. The van der Waals surface area contributed by atoms with E-state index in [1.54, 1.807) is 18.2 Å². The first kappa shape index (κ1) is 25.2. The van der Waals surface area contributed by atoms with Gasteiger partial charge in [0.05, 0.1) is 26.4 Å². The molecule has 0 atom stereocenters. The number of hydrogen-bond donors (Lipinski definition) is 0. The molecule has 9 nitrogen and oxygen atoms in total. The first-order valence-electron chi connectivity index (χ1n) is 11.6. The number of pyridine rings is 1. The molecule has 4 rings (SSSR count). The van der Waals surface area contributed by atoms with E-state index in [1.165, 1.54) is 12.1 Å². The third kappa shape index (κ3) is 7.79. The highest BCUT2D eigenvalue weighted by Crippen LogP contribution is 2.16. The number of cyclic esters (lactones) is 2. The largest absolute Gasteiger partial charge is 0.491 e. The highest BCUT2D eigenvalue weighted by atomic mass is 16.6. The fraction of sp³-hybridized carbons (Fsp3) is 0.296. The molecule has 2 aromatic carbocycles. The summed E-state index contributed by atoms with van der Waals surface area (Å²) in [5.41, 5.74) is 1.52. The van der Waals surface area contributed by atoms with Crippen molar-refractivity contribution in [3.8, 4) is 11.5 Å². The van der Waals surface area contributed by atoms with E-state index in [2.05, 4.69) is 4.98 Å². The third-order valence-electron chi connectivity index (χ3n) is 5.07. The Kier molecular flexibility index (Phi) is 9.24. The zero-order chi connectivity index (χ0) is 25.0. The molecule has 1 aliphatic rings. The number of carbonyl (C=O) groups excluding carboxylic acids is 2. The molecule has 0 radical (unpaired) electrons. The van der Waals surface area contributed by atoms with Crippen LogP contribution < -0.4 is 9.47 Å². The van der Waals surface area contributed by atoms with Crippen LogP contribution in [-0.4, -0.2) is 56.6 Å². The van der Waals surface area contributed by atoms with E-state index in [9.17, 15) is 9.59 Å². The maximum absolute atomic E-state index is 12.5. The van der Waals surface area contributed by atoms with Crippen molar-refractivity contribution in [2.45, 2.75) is 13.2 Å². The van der Waals surface area contributed by atoms with Crippen molar-refractivity contribution in [3.63, 3.8) is 0 Å². The van der Waals surface area contributed by atoms with Crippen LogP contribution in [0.1, 0.15) is 32.1 Å². The lowest BCUT2D eigenvalue weighted by Crippen LogP contribution is -2.13. The zero-order valence-corrected chi connectivity index (χ0v) is 19.7. The van der Waals surface area contributed by atoms with Gasteiger partial charge in [-0.2, -0.15) is 0 Å². The van der Waals surface area contributed by atoms with E-state index >= 15 is 0 Å². The summed E-state index contributed by atoms with van der Waals surface area (Å²) >= 11 is 0. The highest BCUT2D eigenvalue weighted by Gasteiger charge is 2.15. The molecule has 0 saturated heterocycles. The molecule has 0 saturated carbocycles. The number of ether oxygens (including phenoxy) is 6. The number of aromatic nitrogens is 1. The smallest absolute Gasteiger partial charge is 0.357 e. The molecule has 9 heteroatoms. The van der Waals surface area contributed by atoms with E-state index in [0.29, 0.717) is 51.1 Å². The van der Waals surface area contributed by atoms with Gasteiger partial charge in [-0.05, 0) is 47.5 Å². The Hall–Kier alpha value is -3.95. The van der Waals surface area contributed by atoms with Crippen molar-refractivity contribution in [2.75, 3.05) is 39.6 Å². The molecule has 1 aliphatic heterocycles. The van der Waals surface area contributed by atoms with Gasteiger partial charge >= 0.3 is 11.9 Å². The number of rotatable bonds is 0. The number of benzene rings is 2. The summed E-state index contributed by atoms with van der Waals surface area (Å²) < 4.78 is 33.2. The predicted octanol–water partition coefficient (Wildman–Crippen LogP) is 3.60. The number of nitrogens with zero attached hydrogens (tertiary/aromatic N) is 1. The van der Waals surface area contributed by atoms with Crippen molar-refractivity contribution in [2.24, 2.45) is 0 Å².